The molecule has 138 valence electrons. The van der Waals surface area contributed by atoms with Crippen molar-refractivity contribution in [1.82, 2.24) is 0 Å². The van der Waals surface area contributed by atoms with Crippen LogP contribution in [0.15, 0.2) is 11.6 Å². The zero-order chi connectivity index (χ0) is 18.5. The van der Waals surface area contributed by atoms with Crippen LogP contribution in [-0.4, -0.2) is 51.5 Å². The summed E-state index contributed by atoms with van der Waals surface area (Å²) in [6.07, 6.45) is -2.10. The molecule has 4 aliphatic rings. The van der Waals surface area contributed by atoms with E-state index in [4.69, 9.17) is 4.74 Å². The number of ketones is 1. The second kappa shape index (κ2) is 4.93. The highest BCUT2D eigenvalue weighted by Gasteiger charge is 2.74. The Morgan fingerprint density at radius 3 is 2.48 bits per heavy atom. The van der Waals surface area contributed by atoms with Crippen molar-refractivity contribution in [2.45, 2.75) is 58.5 Å². The van der Waals surface area contributed by atoms with Crippen molar-refractivity contribution in [2.75, 3.05) is 0 Å². The fraction of sp³-hybridized carbons (Fsp3) is 0.789. The molecular weight excluding hydrogens is 324 g/mol. The van der Waals surface area contributed by atoms with Gasteiger partial charge in [0.2, 0.25) is 0 Å². The minimum atomic E-state index is -1.11. The van der Waals surface area contributed by atoms with Crippen LogP contribution in [0.3, 0.4) is 0 Å². The molecule has 0 aromatic rings. The summed E-state index contributed by atoms with van der Waals surface area (Å²) < 4.78 is 5.43. The fourth-order valence-corrected chi connectivity index (χ4v) is 6.72. The predicted octanol–water partition coefficient (Wildman–Crippen LogP) is 0.438. The summed E-state index contributed by atoms with van der Waals surface area (Å²) in [5.41, 5.74) is -1.17. The van der Waals surface area contributed by atoms with E-state index in [-0.39, 0.29) is 24.0 Å². The summed E-state index contributed by atoms with van der Waals surface area (Å²) in [5, 5.41) is 32.3. The third-order valence-corrected chi connectivity index (χ3v) is 7.88. The molecule has 4 rings (SSSR count). The summed E-state index contributed by atoms with van der Waals surface area (Å²) in [6, 6.07) is 0. The van der Waals surface area contributed by atoms with E-state index in [1.807, 2.05) is 20.8 Å². The van der Waals surface area contributed by atoms with Crippen molar-refractivity contribution in [3.8, 4) is 0 Å². The van der Waals surface area contributed by atoms with Crippen molar-refractivity contribution in [3.63, 3.8) is 0 Å². The number of fused-ring (bicyclic) bond motifs is 6. The van der Waals surface area contributed by atoms with Crippen molar-refractivity contribution >= 4 is 11.8 Å². The van der Waals surface area contributed by atoms with Crippen LogP contribution in [0.4, 0.5) is 0 Å². The van der Waals surface area contributed by atoms with Crippen LogP contribution in [0.1, 0.15) is 34.1 Å². The number of aliphatic hydroxyl groups is 3. The lowest BCUT2D eigenvalue weighted by Gasteiger charge is -2.63. The van der Waals surface area contributed by atoms with Gasteiger partial charge in [-0.2, -0.15) is 0 Å². The van der Waals surface area contributed by atoms with Gasteiger partial charge in [-0.1, -0.05) is 32.4 Å². The van der Waals surface area contributed by atoms with Crippen LogP contribution in [-0.2, 0) is 14.3 Å². The summed E-state index contributed by atoms with van der Waals surface area (Å²) in [7, 11) is 0. The number of hydrogen-bond acceptors (Lipinski definition) is 6. The lowest BCUT2D eigenvalue weighted by molar-refractivity contribution is -0.219. The summed E-state index contributed by atoms with van der Waals surface area (Å²) in [4.78, 5) is 25.7. The third-order valence-electron chi connectivity index (χ3n) is 7.88. The Morgan fingerprint density at radius 1 is 1.20 bits per heavy atom. The Labute approximate surface area is 146 Å². The Balaban J connectivity index is 1.94. The minimum Gasteiger partial charge on any atom is -0.459 e. The molecule has 3 N–H and O–H groups in total. The van der Waals surface area contributed by atoms with Gasteiger partial charge in [-0.3, -0.25) is 9.59 Å². The number of ether oxygens (including phenoxy) is 1. The molecule has 6 nitrogen and oxygen atoms in total. The summed E-state index contributed by atoms with van der Waals surface area (Å²) in [6.45, 7) is 7.26. The Morgan fingerprint density at radius 2 is 1.84 bits per heavy atom. The molecule has 1 aliphatic heterocycles. The first-order valence-corrected chi connectivity index (χ1v) is 9.02. The largest absolute Gasteiger partial charge is 0.459 e. The lowest BCUT2D eigenvalue weighted by atomic mass is 9.40. The van der Waals surface area contributed by atoms with Crippen LogP contribution in [0.25, 0.3) is 0 Å². The third kappa shape index (κ3) is 1.76. The molecule has 0 amide bonds. The molecule has 1 heterocycles. The maximum atomic E-state index is 13.2. The van der Waals surface area contributed by atoms with Gasteiger partial charge in [-0.15, -0.1) is 0 Å². The minimum absolute atomic E-state index is 0.0653. The fourth-order valence-electron chi connectivity index (χ4n) is 6.72. The van der Waals surface area contributed by atoms with Crippen LogP contribution >= 0.6 is 0 Å². The van der Waals surface area contributed by atoms with Crippen LogP contribution in [0.5, 0.6) is 0 Å². The van der Waals surface area contributed by atoms with E-state index in [0.717, 1.165) is 5.57 Å². The number of hydrogen-bond donors (Lipinski definition) is 3. The highest BCUT2D eigenvalue weighted by molar-refractivity contribution is 5.93. The van der Waals surface area contributed by atoms with Gasteiger partial charge in [0.1, 0.15) is 11.9 Å². The van der Waals surface area contributed by atoms with Gasteiger partial charge in [0.25, 0.3) is 0 Å². The molecule has 0 spiro atoms. The zero-order valence-electron chi connectivity index (χ0n) is 15.0. The predicted molar refractivity (Wildman–Crippen MR) is 87.1 cm³/mol. The van der Waals surface area contributed by atoms with Gasteiger partial charge < -0.3 is 20.1 Å². The first-order valence-electron chi connectivity index (χ1n) is 9.02. The van der Waals surface area contributed by atoms with Crippen LogP contribution in [0, 0.1) is 34.5 Å². The molecule has 1 unspecified atom stereocenters. The van der Waals surface area contributed by atoms with E-state index in [2.05, 4.69) is 0 Å². The van der Waals surface area contributed by atoms with Gasteiger partial charge in [0.05, 0.1) is 24.2 Å². The Hall–Kier alpha value is -1.24. The Kier molecular flexibility index (Phi) is 3.39. The van der Waals surface area contributed by atoms with E-state index in [1.54, 1.807) is 13.0 Å². The second-order valence-electron chi connectivity index (χ2n) is 8.88. The van der Waals surface area contributed by atoms with E-state index >= 15 is 0 Å². The van der Waals surface area contributed by atoms with Crippen molar-refractivity contribution in [1.29, 1.82) is 0 Å². The van der Waals surface area contributed by atoms with E-state index in [1.165, 1.54) is 0 Å². The van der Waals surface area contributed by atoms with Crippen LogP contribution in [0.2, 0.25) is 0 Å². The first kappa shape index (κ1) is 17.2. The van der Waals surface area contributed by atoms with E-state index < -0.39 is 53.1 Å². The molecule has 0 aromatic heterocycles. The molecule has 2 bridgehead atoms. The number of Topliss-reactive ketones (excluding diaryl/α,β-unsaturated/α-hetero) is 1. The topological polar surface area (TPSA) is 104 Å². The molecule has 25 heavy (non-hydrogen) atoms. The smallest absolute Gasteiger partial charge is 0.310 e. The zero-order valence-corrected chi connectivity index (χ0v) is 15.0. The molecule has 0 aromatic carbocycles. The number of esters is 1. The van der Waals surface area contributed by atoms with Crippen LogP contribution < -0.4 is 0 Å². The second-order valence-corrected chi connectivity index (χ2v) is 8.88. The first-order chi connectivity index (χ1) is 11.6. The molecule has 0 radical (unpaired) electrons. The van der Waals surface area contributed by atoms with E-state index in [9.17, 15) is 24.9 Å². The Bertz CT molecular complexity index is 685. The van der Waals surface area contributed by atoms with Crippen molar-refractivity contribution in [3.05, 3.63) is 11.6 Å². The van der Waals surface area contributed by atoms with Gasteiger partial charge in [-0.05, 0) is 12.8 Å². The summed E-state index contributed by atoms with van der Waals surface area (Å²) >= 11 is 0. The molecule has 3 aliphatic carbocycles. The normalized spacial score (nSPS) is 57.5. The lowest BCUT2D eigenvalue weighted by Crippen LogP contribution is -2.70. The number of rotatable bonds is 0. The number of carbonyl (C=O) groups is 2. The maximum absolute atomic E-state index is 13.2. The molecule has 1 saturated heterocycles. The molecule has 6 heteroatoms. The molecule has 10 atom stereocenters. The van der Waals surface area contributed by atoms with E-state index in [0.29, 0.717) is 0 Å². The van der Waals surface area contributed by atoms with Crippen molar-refractivity contribution < 1.29 is 29.6 Å². The van der Waals surface area contributed by atoms with Gasteiger partial charge >= 0.3 is 5.97 Å². The van der Waals surface area contributed by atoms with Gasteiger partial charge in [-0.25, -0.2) is 0 Å². The quantitative estimate of drug-likeness (QED) is 0.433. The number of allylic oxidation sites excluding steroid dienone is 1. The highest BCUT2D eigenvalue weighted by atomic mass is 16.6. The number of aliphatic hydroxyl groups excluding tert-OH is 3. The van der Waals surface area contributed by atoms with Crippen molar-refractivity contribution in [2.24, 2.45) is 34.5 Å². The van der Waals surface area contributed by atoms with Gasteiger partial charge in [0.15, 0.2) is 0 Å². The number of carbonyl (C=O) groups excluding carboxylic acids is 2. The average Bonchev–Trinajstić information content (AvgIpc) is 2.78. The maximum Gasteiger partial charge on any atom is 0.310 e. The highest BCUT2D eigenvalue weighted by Crippen LogP contribution is 2.66. The molecular formula is C19H26O6. The SMILES string of the molecule is CC1=C[C@H](O)[C@@H](O)[C@@]2(C)[C@H]1CC(=O)[C@@]1(C)[C@H]3C(=O)O[C@H](C3C)[C@H](O)[C@@H]12. The molecule has 3 fully saturated rings. The average molecular weight is 350 g/mol. The molecule has 2 saturated carbocycles. The summed E-state index contributed by atoms with van der Waals surface area (Å²) in [5.74, 6) is -2.30. The van der Waals surface area contributed by atoms with Gasteiger partial charge in [0, 0.05) is 29.1 Å². The standard InChI is InChI=1S/C19H26O6/c1-7-5-10(20)16(23)18(3)9(7)6-11(21)19(4)12-8(2)14(25-17(12)24)13(22)15(18)19/h5,8-10,12-16,20,22-23H,6H2,1-4H3/t8?,9-,10-,12+,13-,14+,15+,16+,18-,19-/m0/s1. The monoisotopic (exact) mass is 350 g/mol.